The maximum Gasteiger partial charge on any atom is 0.416 e. The average Bonchev–Trinajstić information content (AvgIpc) is 3.35. The van der Waals surface area contributed by atoms with E-state index in [1.807, 2.05) is 22.9 Å². The first-order chi connectivity index (χ1) is 13.4. The van der Waals surface area contributed by atoms with Gasteiger partial charge in [0.15, 0.2) is 11.5 Å². The van der Waals surface area contributed by atoms with Crippen LogP contribution in [-0.4, -0.2) is 25.7 Å². The number of rotatable bonds is 4. The molecule has 142 valence electrons. The molecule has 4 aromatic rings. The van der Waals surface area contributed by atoms with Gasteiger partial charge in [-0.2, -0.15) is 34.1 Å². The zero-order valence-corrected chi connectivity index (χ0v) is 15.0. The third kappa shape index (κ3) is 3.58. The van der Waals surface area contributed by atoms with E-state index in [4.69, 9.17) is 0 Å². The molecule has 0 aliphatic rings. The minimum atomic E-state index is -4.51. The highest BCUT2D eigenvalue weighted by Crippen LogP contribution is 2.29. The number of carbonyl (C=O) groups is 1. The predicted molar refractivity (Wildman–Crippen MR) is 96.7 cm³/mol. The molecule has 0 spiro atoms. The molecule has 0 bridgehead atoms. The van der Waals surface area contributed by atoms with Crippen LogP contribution in [-0.2, 0) is 12.7 Å². The fourth-order valence-electron chi connectivity index (χ4n) is 2.61. The van der Waals surface area contributed by atoms with Crippen LogP contribution in [0.4, 0.5) is 13.2 Å². The summed E-state index contributed by atoms with van der Waals surface area (Å²) in [6.07, 6.45) is -4.51. The van der Waals surface area contributed by atoms with Gasteiger partial charge in [0.05, 0.1) is 17.8 Å². The van der Waals surface area contributed by atoms with Crippen LogP contribution in [0.1, 0.15) is 21.7 Å². The quantitative estimate of drug-likeness (QED) is 0.563. The Morgan fingerprint density at radius 1 is 1.14 bits per heavy atom. The first-order valence-corrected chi connectivity index (χ1v) is 9.05. The molecule has 0 aliphatic heterocycles. The largest absolute Gasteiger partial charge is 0.416 e. The van der Waals surface area contributed by atoms with Crippen LogP contribution in [0.5, 0.6) is 0 Å². The summed E-state index contributed by atoms with van der Waals surface area (Å²) in [6, 6.07) is 9.74. The second kappa shape index (κ2) is 7.04. The molecule has 0 aliphatic carbocycles. The van der Waals surface area contributed by atoms with Crippen molar-refractivity contribution in [3.05, 3.63) is 70.2 Å². The number of hydrogen-bond donors (Lipinski definition) is 1. The van der Waals surface area contributed by atoms with Crippen LogP contribution < -0.4 is 5.32 Å². The molecule has 1 amide bonds. The highest BCUT2D eigenvalue weighted by molar-refractivity contribution is 7.08. The topological polar surface area (TPSA) is 72.2 Å². The van der Waals surface area contributed by atoms with Crippen molar-refractivity contribution in [2.75, 3.05) is 0 Å². The summed E-state index contributed by atoms with van der Waals surface area (Å²) in [6.45, 7) is -0.0314. The van der Waals surface area contributed by atoms with E-state index >= 15 is 0 Å². The lowest BCUT2D eigenvalue weighted by Crippen LogP contribution is -2.24. The van der Waals surface area contributed by atoms with Crippen LogP contribution in [0.15, 0.2) is 53.2 Å². The van der Waals surface area contributed by atoms with Gasteiger partial charge in [-0.3, -0.25) is 4.79 Å². The SMILES string of the molecule is O=C(NCc1nnc2ccc(-c3ccsc3)nn12)c1cccc(C(F)(F)F)c1. The van der Waals surface area contributed by atoms with Gasteiger partial charge in [0.2, 0.25) is 0 Å². The monoisotopic (exact) mass is 403 g/mol. The number of fused-ring (bicyclic) bond motifs is 1. The zero-order valence-electron chi connectivity index (χ0n) is 14.1. The second-order valence-electron chi connectivity index (χ2n) is 5.88. The lowest BCUT2D eigenvalue weighted by molar-refractivity contribution is -0.137. The number of thiophene rings is 1. The number of benzene rings is 1. The first-order valence-electron chi connectivity index (χ1n) is 8.11. The summed E-state index contributed by atoms with van der Waals surface area (Å²) >= 11 is 1.54. The molecule has 6 nitrogen and oxygen atoms in total. The van der Waals surface area contributed by atoms with Crippen molar-refractivity contribution in [3.8, 4) is 11.3 Å². The molecule has 28 heavy (non-hydrogen) atoms. The van der Waals surface area contributed by atoms with Gasteiger partial charge in [-0.05, 0) is 41.8 Å². The van der Waals surface area contributed by atoms with Crippen molar-refractivity contribution in [2.24, 2.45) is 0 Å². The van der Waals surface area contributed by atoms with E-state index < -0.39 is 17.6 Å². The molecule has 0 radical (unpaired) electrons. The maximum absolute atomic E-state index is 12.8. The molecule has 0 saturated heterocycles. The van der Waals surface area contributed by atoms with Crippen molar-refractivity contribution < 1.29 is 18.0 Å². The maximum atomic E-state index is 12.8. The van der Waals surface area contributed by atoms with E-state index in [9.17, 15) is 18.0 Å². The number of hydrogen-bond acceptors (Lipinski definition) is 5. The zero-order chi connectivity index (χ0) is 19.7. The smallest absolute Gasteiger partial charge is 0.345 e. The summed E-state index contributed by atoms with van der Waals surface area (Å²) in [4.78, 5) is 12.3. The Hall–Kier alpha value is -3.27. The third-order valence-electron chi connectivity index (χ3n) is 4.00. The Labute approximate surface area is 160 Å². The molecule has 0 unspecified atom stereocenters. The lowest BCUT2D eigenvalue weighted by atomic mass is 10.1. The molecule has 4 rings (SSSR count). The number of nitrogens with zero attached hydrogens (tertiary/aromatic N) is 4. The standard InChI is InChI=1S/C18H12F3N5OS/c19-18(20,21)13-3-1-2-11(8-13)17(27)22-9-16-24-23-15-5-4-14(25-26(15)16)12-6-7-28-10-12/h1-8,10H,9H2,(H,22,27). The van der Waals surface area contributed by atoms with Gasteiger partial charge in [0.1, 0.15) is 0 Å². The first kappa shape index (κ1) is 18.1. The Kier molecular flexibility index (Phi) is 4.55. The molecule has 1 aromatic carbocycles. The van der Waals surface area contributed by atoms with Gasteiger partial charge in [0, 0.05) is 16.5 Å². The van der Waals surface area contributed by atoms with Crippen molar-refractivity contribution in [3.63, 3.8) is 0 Å². The minimum Gasteiger partial charge on any atom is -0.345 e. The summed E-state index contributed by atoms with van der Waals surface area (Å²) in [5.41, 5.74) is 1.20. The van der Waals surface area contributed by atoms with Gasteiger partial charge >= 0.3 is 6.18 Å². The van der Waals surface area contributed by atoms with Crippen molar-refractivity contribution in [1.82, 2.24) is 25.1 Å². The lowest BCUT2D eigenvalue weighted by Gasteiger charge is -2.09. The Morgan fingerprint density at radius 2 is 2.00 bits per heavy atom. The van der Waals surface area contributed by atoms with Gasteiger partial charge < -0.3 is 5.32 Å². The van der Waals surface area contributed by atoms with Gasteiger partial charge in [-0.15, -0.1) is 10.2 Å². The normalized spacial score (nSPS) is 11.7. The molecule has 1 N–H and O–H groups in total. The van der Waals surface area contributed by atoms with E-state index in [2.05, 4.69) is 20.6 Å². The summed E-state index contributed by atoms with van der Waals surface area (Å²) < 4.78 is 39.9. The molecule has 3 aromatic heterocycles. The van der Waals surface area contributed by atoms with Crippen molar-refractivity contribution >= 4 is 22.9 Å². The molecule has 3 heterocycles. The third-order valence-corrected chi connectivity index (χ3v) is 4.69. The van der Waals surface area contributed by atoms with E-state index in [0.717, 1.165) is 23.4 Å². The predicted octanol–water partition coefficient (Wildman–Crippen LogP) is 3.80. The second-order valence-corrected chi connectivity index (χ2v) is 6.66. The molecule has 0 saturated carbocycles. The number of carbonyl (C=O) groups excluding carboxylic acids is 1. The van der Waals surface area contributed by atoms with Crippen LogP contribution >= 0.6 is 11.3 Å². The highest BCUT2D eigenvalue weighted by Gasteiger charge is 2.30. The fraction of sp³-hybridized carbons (Fsp3) is 0.111. The van der Waals surface area contributed by atoms with Crippen LogP contribution in [0.2, 0.25) is 0 Å². The van der Waals surface area contributed by atoms with Gasteiger partial charge in [-0.1, -0.05) is 6.07 Å². The number of aromatic nitrogens is 4. The molecular weight excluding hydrogens is 391 g/mol. The molecular formula is C18H12F3N5OS. The van der Waals surface area contributed by atoms with Gasteiger partial charge in [-0.25, -0.2) is 0 Å². The Morgan fingerprint density at radius 3 is 2.75 bits per heavy atom. The van der Waals surface area contributed by atoms with E-state index in [-0.39, 0.29) is 12.1 Å². The summed E-state index contributed by atoms with van der Waals surface area (Å²) in [5, 5.41) is 18.9. The highest BCUT2D eigenvalue weighted by atomic mass is 32.1. The fourth-order valence-corrected chi connectivity index (χ4v) is 3.26. The van der Waals surface area contributed by atoms with E-state index in [0.29, 0.717) is 11.5 Å². The van der Waals surface area contributed by atoms with Crippen LogP contribution in [0.25, 0.3) is 16.9 Å². The van der Waals surface area contributed by atoms with Crippen molar-refractivity contribution in [2.45, 2.75) is 12.7 Å². The van der Waals surface area contributed by atoms with Crippen molar-refractivity contribution in [1.29, 1.82) is 0 Å². The van der Waals surface area contributed by atoms with Crippen LogP contribution in [0.3, 0.4) is 0 Å². The Balaban J connectivity index is 1.54. The number of alkyl halides is 3. The number of nitrogens with one attached hydrogen (secondary N) is 1. The van der Waals surface area contributed by atoms with Crippen LogP contribution in [0, 0.1) is 0 Å². The van der Waals surface area contributed by atoms with E-state index in [1.165, 1.54) is 16.6 Å². The summed E-state index contributed by atoms with van der Waals surface area (Å²) in [5.74, 6) is -0.274. The number of halogens is 3. The molecule has 0 atom stereocenters. The van der Waals surface area contributed by atoms with E-state index in [1.54, 1.807) is 17.4 Å². The minimum absolute atomic E-state index is 0.0314. The number of amides is 1. The average molecular weight is 403 g/mol. The Bertz CT molecular complexity index is 1140. The summed E-state index contributed by atoms with van der Waals surface area (Å²) in [7, 11) is 0. The molecule has 0 fully saturated rings. The molecule has 10 heteroatoms. The van der Waals surface area contributed by atoms with Gasteiger partial charge in [0.25, 0.3) is 5.91 Å².